The third-order valence-electron chi connectivity index (χ3n) is 4.34. The van der Waals surface area contributed by atoms with Crippen molar-refractivity contribution in [1.29, 1.82) is 5.26 Å². The maximum atomic E-state index is 13.0. The van der Waals surface area contributed by atoms with Gasteiger partial charge in [-0.15, -0.1) is 5.10 Å². The summed E-state index contributed by atoms with van der Waals surface area (Å²) in [5, 5.41) is 20.6. The van der Waals surface area contributed by atoms with E-state index in [0.717, 1.165) is 11.6 Å². The topological polar surface area (TPSA) is 100 Å². The Morgan fingerprint density at radius 3 is 2.57 bits per heavy atom. The molecule has 0 fully saturated rings. The molecule has 148 valence electrons. The van der Waals surface area contributed by atoms with E-state index in [1.54, 1.807) is 24.4 Å². The molecule has 0 aliphatic rings. The second-order valence-corrected chi connectivity index (χ2v) is 6.32. The molecular formula is C20H12F3N7. The lowest BCUT2D eigenvalue weighted by Gasteiger charge is -2.12. The maximum Gasteiger partial charge on any atom is 0.419 e. The smallest absolute Gasteiger partial charge is 0.340 e. The second-order valence-electron chi connectivity index (χ2n) is 6.32. The van der Waals surface area contributed by atoms with E-state index >= 15 is 0 Å². The summed E-state index contributed by atoms with van der Waals surface area (Å²) in [5.41, 5.74) is 1.29. The summed E-state index contributed by atoms with van der Waals surface area (Å²) in [7, 11) is 0. The van der Waals surface area contributed by atoms with Gasteiger partial charge >= 0.3 is 6.18 Å². The Balaban J connectivity index is 1.72. The SMILES string of the molecule is Cc1ccnnc1-c1ccc2c(Nc3ccc(C(F)(F)F)c(C#N)n3)ccnc2n1. The lowest BCUT2D eigenvalue weighted by atomic mass is 10.1. The molecule has 4 aromatic rings. The summed E-state index contributed by atoms with van der Waals surface area (Å²) in [5.74, 6) is 0.0981. The van der Waals surface area contributed by atoms with Crippen LogP contribution in [0.2, 0.25) is 0 Å². The Morgan fingerprint density at radius 2 is 1.83 bits per heavy atom. The molecule has 0 saturated heterocycles. The summed E-state index contributed by atoms with van der Waals surface area (Å²) in [6.45, 7) is 1.89. The quantitative estimate of drug-likeness (QED) is 0.536. The predicted octanol–water partition coefficient (Wildman–Crippen LogP) is 4.42. The second kappa shape index (κ2) is 7.36. The Bertz CT molecular complexity index is 1300. The van der Waals surface area contributed by atoms with E-state index in [2.05, 4.69) is 30.5 Å². The van der Waals surface area contributed by atoms with Gasteiger partial charge in [-0.25, -0.2) is 15.0 Å². The molecule has 4 rings (SSSR count). The number of hydrogen-bond donors (Lipinski definition) is 1. The number of anilines is 2. The molecular weight excluding hydrogens is 395 g/mol. The molecule has 0 amide bonds. The van der Waals surface area contributed by atoms with Crippen LogP contribution in [0.4, 0.5) is 24.7 Å². The zero-order valence-electron chi connectivity index (χ0n) is 15.4. The highest BCUT2D eigenvalue weighted by atomic mass is 19.4. The molecule has 0 spiro atoms. The van der Waals surface area contributed by atoms with Gasteiger partial charge < -0.3 is 5.32 Å². The van der Waals surface area contributed by atoms with Crippen molar-refractivity contribution in [3.8, 4) is 17.5 Å². The molecule has 0 atom stereocenters. The molecule has 0 bridgehead atoms. The molecule has 4 aromatic heterocycles. The third kappa shape index (κ3) is 3.60. The van der Waals surface area contributed by atoms with Crippen LogP contribution in [0, 0.1) is 18.3 Å². The minimum absolute atomic E-state index is 0.0981. The fraction of sp³-hybridized carbons (Fsp3) is 0.100. The minimum atomic E-state index is -4.65. The molecule has 0 radical (unpaired) electrons. The highest BCUT2D eigenvalue weighted by Gasteiger charge is 2.34. The number of alkyl halides is 3. The van der Waals surface area contributed by atoms with Crippen LogP contribution in [0.5, 0.6) is 0 Å². The van der Waals surface area contributed by atoms with Crippen LogP contribution >= 0.6 is 0 Å². The molecule has 7 nitrogen and oxygen atoms in total. The number of aryl methyl sites for hydroxylation is 1. The average Bonchev–Trinajstić information content (AvgIpc) is 2.73. The maximum absolute atomic E-state index is 13.0. The number of aromatic nitrogens is 5. The Hall–Kier alpha value is -4.13. The molecule has 4 heterocycles. The fourth-order valence-corrected chi connectivity index (χ4v) is 2.90. The van der Waals surface area contributed by atoms with Crippen molar-refractivity contribution >= 4 is 22.5 Å². The van der Waals surface area contributed by atoms with Crippen molar-refractivity contribution in [2.75, 3.05) is 5.32 Å². The van der Waals surface area contributed by atoms with Crippen LogP contribution in [0.15, 0.2) is 48.8 Å². The van der Waals surface area contributed by atoms with Gasteiger partial charge in [-0.3, -0.25) is 0 Å². The standard InChI is InChI=1S/C20H12F3N7/c1-11-6-9-26-30-18(11)15-4-2-12-14(7-8-25-19(12)29-15)27-17-5-3-13(20(21,22)23)16(10-24)28-17/h2-9H,1H3,(H,25,27,28,29). The summed E-state index contributed by atoms with van der Waals surface area (Å²) < 4.78 is 38.9. The van der Waals surface area contributed by atoms with Crippen molar-refractivity contribution in [3.05, 3.63) is 65.6 Å². The zero-order chi connectivity index (χ0) is 21.3. The predicted molar refractivity (Wildman–Crippen MR) is 103 cm³/mol. The number of pyridine rings is 3. The van der Waals surface area contributed by atoms with Gasteiger partial charge in [0.25, 0.3) is 0 Å². The fourth-order valence-electron chi connectivity index (χ4n) is 2.90. The van der Waals surface area contributed by atoms with Gasteiger partial charge in [0, 0.05) is 17.8 Å². The first-order valence-corrected chi connectivity index (χ1v) is 8.66. The summed E-state index contributed by atoms with van der Waals surface area (Å²) in [6, 6.07) is 10.5. The van der Waals surface area contributed by atoms with Crippen molar-refractivity contribution < 1.29 is 13.2 Å². The third-order valence-corrected chi connectivity index (χ3v) is 4.34. The van der Waals surface area contributed by atoms with Crippen molar-refractivity contribution in [1.82, 2.24) is 25.1 Å². The van der Waals surface area contributed by atoms with Gasteiger partial charge in [0.1, 0.15) is 17.6 Å². The van der Waals surface area contributed by atoms with Gasteiger partial charge in [-0.2, -0.15) is 23.5 Å². The highest BCUT2D eigenvalue weighted by molar-refractivity contribution is 5.91. The van der Waals surface area contributed by atoms with E-state index in [1.807, 2.05) is 13.0 Å². The van der Waals surface area contributed by atoms with E-state index in [4.69, 9.17) is 5.26 Å². The van der Waals surface area contributed by atoms with Crippen molar-refractivity contribution in [2.45, 2.75) is 13.1 Å². The molecule has 0 saturated carbocycles. The van der Waals surface area contributed by atoms with Gasteiger partial charge in [-0.1, -0.05) is 0 Å². The number of nitriles is 1. The first-order chi connectivity index (χ1) is 14.4. The van der Waals surface area contributed by atoms with Crippen LogP contribution in [-0.4, -0.2) is 25.1 Å². The molecule has 10 heteroatoms. The lowest BCUT2D eigenvalue weighted by molar-refractivity contribution is -0.138. The van der Waals surface area contributed by atoms with Crippen LogP contribution in [0.25, 0.3) is 22.4 Å². The van der Waals surface area contributed by atoms with Crippen LogP contribution in [0.1, 0.15) is 16.8 Å². The van der Waals surface area contributed by atoms with E-state index in [0.29, 0.717) is 28.1 Å². The largest absolute Gasteiger partial charge is 0.419 e. The molecule has 0 aliphatic carbocycles. The van der Waals surface area contributed by atoms with Crippen molar-refractivity contribution in [3.63, 3.8) is 0 Å². The normalized spacial score (nSPS) is 11.3. The van der Waals surface area contributed by atoms with Gasteiger partial charge in [-0.05, 0) is 48.9 Å². The van der Waals surface area contributed by atoms with E-state index < -0.39 is 17.4 Å². The van der Waals surface area contributed by atoms with Crippen LogP contribution in [-0.2, 0) is 6.18 Å². The van der Waals surface area contributed by atoms with Gasteiger partial charge in [0.05, 0.1) is 16.9 Å². The highest BCUT2D eigenvalue weighted by Crippen LogP contribution is 2.33. The number of halogens is 3. The first-order valence-electron chi connectivity index (χ1n) is 8.66. The van der Waals surface area contributed by atoms with Gasteiger partial charge in [0.15, 0.2) is 11.3 Å². The van der Waals surface area contributed by atoms with Crippen LogP contribution < -0.4 is 5.32 Å². The molecule has 0 aromatic carbocycles. The Morgan fingerprint density at radius 1 is 1.00 bits per heavy atom. The summed E-state index contributed by atoms with van der Waals surface area (Å²) in [4.78, 5) is 12.6. The number of nitrogens with one attached hydrogen (secondary N) is 1. The first kappa shape index (κ1) is 19.2. The lowest BCUT2D eigenvalue weighted by Crippen LogP contribution is -2.10. The number of rotatable bonds is 3. The van der Waals surface area contributed by atoms with Crippen LogP contribution in [0.3, 0.4) is 0 Å². The number of fused-ring (bicyclic) bond motifs is 1. The molecule has 1 N–H and O–H groups in total. The van der Waals surface area contributed by atoms with E-state index in [9.17, 15) is 13.2 Å². The van der Waals surface area contributed by atoms with E-state index in [-0.39, 0.29) is 5.82 Å². The molecule has 30 heavy (non-hydrogen) atoms. The monoisotopic (exact) mass is 407 g/mol. The number of hydrogen-bond acceptors (Lipinski definition) is 7. The van der Waals surface area contributed by atoms with Crippen molar-refractivity contribution in [2.24, 2.45) is 0 Å². The zero-order valence-corrected chi connectivity index (χ0v) is 15.4. The Kier molecular flexibility index (Phi) is 4.71. The number of nitrogens with zero attached hydrogens (tertiary/aromatic N) is 6. The minimum Gasteiger partial charge on any atom is -0.340 e. The molecule has 0 aliphatic heterocycles. The molecule has 0 unspecified atom stereocenters. The van der Waals surface area contributed by atoms with Gasteiger partial charge in [0.2, 0.25) is 0 Å². The van der Waals surface area contributed by atoms with E-state index in [1.165, 1.54) is 18.3 Å². The Labute approximate surface area is 168 Å². The summed E-state index contributed by atoms with van der Waals surface area (Å²) >= 11 is 0. The average molecular weight is 407 g/mol. The summed E-state index contributed by atoms with van der Waals surface area (Å²) in [6.07, 6.45) is -1.55.